The van der Waals surface area contributed by atoms with Gasteiger partial charge in [0, 0.05) is 5.39 Å². The molecule has 3 aromatic rings. The monoisotopic (exact) mass is 325 g/mol. The van der Waals surface area contributed by atoms with E-state index in [-0.39, 0.29) is 5.91 Å². The molecule has 1 aromatic heterocycles. The second-order valence-corrected chi connectivity index (χ2v) is 5.28. The van der Waals surface area contributed by atoms with Gasteiger partial charge >= 0.3 is 0 Å². The maximum atomic E-state index is 12.8. The number of para-hydroxylation sites is 2. The molecule has 3 rings (SSSR count). The van der Waals surface area contributed by atoms with E-state index in [2.05, 4.69) is 5.32 Å². The third-order valence-corrected chi connectivity index (χ3v) is 3.73. The van der Waals surface area contributed by atoms with Crippen molar-refractivity contribution in [1.29, 1.82) is 0 Å². The summed E-state index contributed by atoms with van der Waals surface area (Å²) >= 11 is 0. The van der Waals surface area contributed by atoms with Crippen molar-refractivity contribution in [2.24, 2.45) is 0 Å². The average molecular weight is 325 g/mol. The van der Waals surface area contributed by atoms with Crippen molar-refractivity contribution in [2.45, 2.75) is 13.8 Å². The summed E-state index contributed by atoms with van der Waals surface area (Å²) < 4.78 is 16.5. The van der Waals surface area contributed by atoms with Gasteiger partial charge in [-0.15, -0.1) is 0 Å². The predicted molar refractivity (Wildman–Crippen MR) is 93.1 cm³/mol. The molecule has 124 valence electrons. The first-order chi connectivity index (χ1) is 11.6. The smallest absolute Gasteiger partial charge is 0.259 e. The van der Waals surface area contributed by atoms with Crippen molar-refractivity contribution in [3.05, 3.63) is 53.8 Å². The van der Waals surface area contributed by atoms with Crippen LogP contribution in [0.5, 0.6) is 11.5 Å². The van der Waals surface area contributed by atoms with Crippen molar-refractivity contribution in [2.75, 3.05) is 19.0 Å². The molecule has 5 heteroatoms. The Morgan fingerprint density at radius 2 is 2.00 bits per heavy atom. The Labute approximate surface area is 140 Å². The number of amides is 1. The number of benzene rings is 2. The number of hydrogen-bond donors (Lipinski definition) is 1. The fraction of sp³-hybridized carbons (Fsp3) is 0.211. The molecule has 0 aliphatic rings. The lowest BCUT2D eigenvalue weighted by atomic mass is 10.1. The maximum Gasteiger partial charge on any atom is 0.259 e. The van der Waals surface area contributed by atoms with Crippen molar-refractivity contribution in [3.8, 4) is 11.5 Å². The molecule has 0 saturated carbocycles. The summed E-state index contributed by atoms with van der Waals surface area (Å²) in [6, 6.07) is 12.7. The predicted octanol–water partition coefficient (Wildman–Crippen LogP) is 4.40. The molecule has 0 bridgehead atoms. The van der Waals surface area contributed by atoms with Crippen LogP contribution in [0.4, 0.5) is 5.69 Å². The zero-order chi connectivity index (χ0) is 17.1. The molecule has 0 atom stereocenters. The minimum Gasteiger partial charge on any atom is -0.495 e. The number of fused-ring (bicyclic) bond motifs is 1. The van der Waals surface area contributed by atoms with E-state index >= 15 is 0 Å². The fourth-order valence-electron chi connectivity index (χ4n) is 2.67. The van der Waals surface area contributed by atoms with E-state index in [9.17, 15) is 4.79 Å². The number of hydrogen-bond acceptors (Lipinski definition) is 4. The van der Waals surface area contributed by atoms with E-state index in [4.69, 9.17) is 13.9 Å². The van der Waals surface area contributed by atoms with E-state index in [0.717, 1.165) is 5.39 Å². The maximum absolute atomic E-state index is 12.8. The molecule has 0 aliphatic heterocycles. The van der Waals surface area contributed by atoms with Gasteiger partial charge in [-0.3, -0.25) is 4.79 Å². The first kappa shape index (κ1) is 15.9. The SMILES string of the molecule is CCOc1ccc2oc(C)c(C(=O)Nc3ccccc3OC)c2c1. The highest BCUT2D eigenvalue weighted by Gasteiger charge is 2.20. The molecule has 0 radical (unpaired) electrons. The molecule has 1 amide bonds. The van der Waals surface area contributed by atoms with Crippen molar-refractivity contribution in [1.82, 2.24) is 0 Å². The molecule has 2 aromatic carbocycles. The molecular formula is C19H19NO4. The summed E-state index contributed by atoms with van der Waals surface area (Å²) in [6.45, 7) is 4.25. The molecule has 1 heterocycles. The number of nitrogens with one attached hydrogen (secondary N) is 1. The zero-order valence-corrected chi connectivity index (χ0v) is 13.9. The second kappa shape index (κ2) is 6.66. The van der Waals surface area contributed by atoms with Crippen molar-refractivity contribution >= 4 is 22.6 Å². The quantitative estimate of drug-likeness (QED) is 0.755. The van der Waals surface area contributed by atoms with Gasteiger partial charge < -0.3 is 19.2 Å². The van der Waals surface area contributed by atoms with Crippen LogP contribution in [0.25, 0.3) is 11.0 Å². The molecule has 0 unspecified atom stereocenters. The van der Waals surface area contributed by atoms with E-state index in [1.54, 1.807) is 26.2 Å². The standard InChI is InChI=1S/C19H19NO4/c1-4-23-13-9-10-16-14(11-13)18(12(2)24-16)19(21)20-15-7-5-6-8-17(15)22-3/h5-11H,4H2,1-3H3,(H,20,21). The van der Waals surface area contributed by atoms with Gasteiger partial charge in [0.25, 0.3) is 5.91 Å². The van der Waals surface area contributed by atoms with Gasteiger partial charge in [-0.05, 0) is 44.2 Å². The number of anilines is 1. The van der Waals surface area contributed by atoms with Gasteiger partial charge in [-0.1, -0.05) is 12.1 Å². The minimum atomic E-state index is -0.246. The Morgan fingerprint density at radius 1 is 1.21 bits per heavy atom. The van der Waals surface area contributed by atoms with Crippen LogP contribution < -0.4 is 14.8 Å². The summed E-state index contributed by atoms with van der Waals surface area (Å²) in [6.07, 6.45) is 0. The molecule has 5 nitrogen and oxygen atoms in total. The molecular weight excluding hydrogens is 306 g/mol. The van der Waals surface area contributed by atoms with Crippen LogP contribution in [0.15, 0.2) is 46.9 Å². The van der Waals surface area contributed by atoms with Gasteiger partial charge in [0.1, 0.15) is 22.8 Å². The molecule has 0 aliphatic carbocycles. The number of carbonyl (C=O) groups excluding carboxylic acids is 1. The number of aryl methyl sites for hydroxylation is 1. The lowest BCUT2D eigenvalue weighted by Gasteiger charge is -2.09. The second-order valence-electron chi connectivity index (χ2n) is 5.28. The summed E-state index contributed by atoms with van der Waals surface area (Å²) in [5, 5.41) is 3.61. The third kappa shape index (κ3) is 2.93. The Bertz CT molecular complexity index is 882. The van der Waals surface area contributed by atoms with Gasteiger partial charge in [0.2, 0.25) is 0 Å². The van der Waals surface area contributed by atoms with Crippen LogP contribution in [0.2, 0.25) is 0 Å². The Hall–Kier alpha value is -2.95. The highest BCUT2D eigenvalue weighted by Crippen LogP contribution is 2.31. The molecule has 0 fully saturated rings. The summed E-state index contributed by atoms with van der Waals surface area (Å²) in [5.41, 5.74) is 1.76. The fourth-order valence-corrected chi connectivity index (χ4v) is 2.67. The van der Waals surface area contributed by atoms with Crippen LogP contribution >= 0.6 is 0 Å². The van der Waals surface area contributed by atoms with Gasteiger partial charge in [0.05, 0.1) is 25.0 Å². The summed E-state index contributed by atoms with van der Waals surface area (Å²) in [7, 11) is 1.57. The average Bonchev–Trinajstić information content (AvgIpc) is 2.91. The summed E-state index contributed by atoms with van der Waals surface area (Å²) in [5.74, 6) is 1.62. The van der Waals surface area contributed by atoms with Crippen molar-refractivity contribution in [3.63, 3.8) is 0 Å². The van der Waals surface area contributed by atoms with Crippen LogP contribution in [0.1, 0.15) is 23.0 Å². The van der Waals surface area contributed by atoms with Gasteiger partial charge in [-0.25, -0.2) is 0 Å². The van der Waals surface area contributed by atoms with E-state index in [1.807, 2.05) is 37.3 Å². The van der Waals surface area contributed by atoms with Crippen LogP contribution in [-0.4, -0.2) is 19.6 Å². The largest absolute Gasteiger partial charge is 0.495 e. The lowest BCUT2D eigenvalue weighted by molar-refractivity contribution is 0.102. The Morgan fingerprint density at radius 3 is 2.75 bits per heavy atom. The Balaban J connectivity index is 1.99. The van der Waals surface area contributed by atoms with E-state index in [0.29, 0.717) is 40.7 Å². The van der Waals surface area contributed by atoms with Gasteiger partial charge in [0.15, 0.2) is 0 Å². The van der Waals surface area contributed by atoms with E-state index in [1.165, 1.54) is 0 Å². The van der Waals surface area contributed by atoms with E-state index < -0.39 is 0 Å². The number of methoxy groups -OCH3 is 1. The van der Waals surface area contributed by atoms with Crippen LogP contribution in [0, 0.1) is 6.92 Å². The number of furan rings is 1. The summed E-state index contributed by atoms with van der Waals surface area (Å²) in [4.78, 5) is 12.8. The van der Waals surface area contributed by atoms with Crippen LogP contribution in [0.3, 0.4) is 0 Å². The zero-order valence-electron chi connectivity index (χ0n) is 13.9. The normalized spacial score (nSPS) is 10.6. The topological polar surface area (TPSA) is 60.7 Å². The number of rotatable bonds is 5. The number of carbonyl (C=O) groups is 1. The minimum absolute atomic E-state index is 0.246. The first-order valence-corrected chi connectivity index (χ1v) is 7.74. The first-order valence-electron chi connectivity index (χ1n) is 7.74. The lowest BCUT2D eigenvalue weighted by Crippen LogP contribution is -2.13. The molecule has 1 N–H and O–H groups in total. The third-order valence-electron chi connectivity index (χ3n) is 3.73. The van der Waals surface area contributed by atoms with Crippen molar-refractivity contribution < 1.29 is 18.7 Å². The number of ether oxygens (including phenoxy) is 2. The molecule has 0 saturated heterocycles. The van der Waals surface area contributed by atoms with Crippen LogP contribution in [-0.2, 0) is 0 Å². The molecule has 0 spiro atoms. The molecule has 24 heavy (non-hydrogen) atoms. The van der Waals surface area contributed by atoms with Gasteiger partial charge in [-0.2, -0.15) is 0 Å². The highest BCUT2D eigenvalue weighted by molar-refractivity contribution is 6.13. The Kier molecular flexibility index (Phi) is 4.42. The highest BCUT2D eigenvalue weighted by atomic mass is 16.5.